The van der Waals surface area contributed by atoms with E-state index in [9.17, 15) is 19.2 Å². The van der Waals surface area contributed by atoms with E-state index in [-0.39, 0.29) is 60.8 Å². The monoisotopic (exact) mass is 676 g/mol. The molecule has 0 spiro atoms. The Morgan fingerprint density at radius 1 is 0.488 bits per heavy atom. The zero-order chi connectivity index (χ0) is 29.6. The standard InChI is InChI=1S/2C10H8O4.2ClHO4.Fe.2H2O/c2*1-5-3-7(11)9-8(13-5)4-6(2)14-10(9)12;2*2-1(3,4)5;;;/h2*3-4H,1-2H3;2*(H,2,3,4,5);;2*1H2/q;;;;+2;;. The summed E-state index contributed by atoms with van der Waals surface area (Å²) in [7, 11) is -9.89. The molecular formula is C20H22Cl2FeO18+2. The van der Waals surface area contributed by atoms with Crippen LogP contribution in [-0.2, 0) is 28.0 Å². The number of aryl methyl sites for hydroxylation is 4. The third-order valence-electron chi connectivity index (χ3n) is 3.78. The van der Waals surface area contributed by atoms with E-state index in [0.717, 1.165) is 0 Å². The predicted molar refractivity (Wildman–Crippen MR) is 111 cm³/mol. The molecule has 0 aromatic carbocycles. The van der Waals surface area contributed by atoms with Gasteiger partial charge >= 0.3 is 28.3 Å². The van der Waals surface area contributed by atoms with Crippen molar-refractivity contribution in [2.24, 2.45) is 0 Å². The fraction of sp³-hybridized carbons (Fsp3) is 0.200. The van der Waals surface area contributed by atoms with Gasteiger partial charge in [0.1, 0.15) is 34.2 Å². The Labute approximate surface area is 241 Å². The van der Waals surface area contributed by atoms with Gasteiger partial charge in [-0.2, -0.15) is 0 Å². The van der Waals surface area contributed by atoms with E-state index in [1.54, 1.807) is 27.7 Å². The van der Waals surface area contributed by atoms with Gasteiger partial charge in [0.25, 0.3) is 0 Å². The summed E-state index contributed by atoms with van der Waals surface area (Å²) >= 11 is 0. The third kappa shape index (κ3) is 16.2. The molecule has 230 valence electrons. The van der Waals surface area contributed by atoms with Crippen LogP contribution in [0.15, 0.2) is 61.1 Å². The van der Waals surface area contributed by atoms with Gasteiger partial charge in [-0.15, -0.1) is 20.5 Å². The molecule has 0 unspecified atom stereocenters. The zero-order valence-electron chi connectivity index (χ0n) is 21.1. The van der Waals surface area contributed by atoms with E-state index in [1.807, 2.05) is 0 Å². The molecule has 0 bridgehead atoms. The SMILES string of the molecule is Cc1cc2oc(C)cc(=O)c2c(=O)o1.Cc1cc2oc(C)cc(=O)c2c(=O)o1.[Fe+2].[O-][Cl+3]([O-])([O-])[O-].[O-][Cl+3]([O-])([O-])[O-].[OH3+].[OH3+]. The normalized spacial score (nSPS) is 10.2. The second-order valence-electron chi connectivity index (χ2n) is 6.97. The summed E-state index contributed by atoms with van der Waals surface area (Å²) in [5.41, 5.74) is -1.45. The molecule has 4 aromatic rings. The van der Waals surface area contributed by atoms with Crippen molar-refractivity contribution >= 4 is 21.9 Å². The van der Waals surface area contributed by atoms with Crippen molar-refractivity contribution in [3.63, 3.8) is 0 Å². The average molecular weight is 677 g/mol. The van der Waals surface area contributed by atoms with E-state index in [4.69, 9.17) is 54.9 Å². The second-order valence-corrected chi connectivity index (χ2v) is 8.48. The summed E-state index contributed by atoms with van der Waals surface area (Å²) in [6.45, 7) is 6.57. The Bertz CT molecular complexity index is 1410. The van der Waals surface area contributed by atoms with Gasteiger partial charge in [0.15, 0.2) is 21.6 Å². The van der Waals surface area contributed by atoms with Gasteiger partial charge < -0.3 is 28.6 Å². The van der Waals surface area contributed by atoms with Crippen molar-refractivity contribution < 1.29 is 103 Å². The van der Waals surface area contributed by atoms with Gasteiger partial charge in [0.05, 0.1) is 0 Å². The number of halogens is 2. The second kappa shape index (κ2) is 17.1. The molecule has 0 aliphatic carbocycles. The van der Waals surface area contributed by atoms with Gasteiger partial charge in [-0.1, -0.05) is 0 Å². The number of hydrogen-bond donors (Lipinski definition) is 0. The van der Waals surface area contributed by atoms with Crippen molar-refractivity contribution in [2.75, 3.05) is 0 Å². The summed E-state index contributed by atoms with van der Waals surface area (Å²) < 4.78 is 88.0. The summed E-state index contributed by atoms with van der Waals surface area (Å²) in [4.78, 5) is 45.4. The minimum Gasteiger partial charge on any atom is -0.461 e. The van der Waals surface area contributed by atoms with Crippen molar-refractivity contribution in [1.29, 1.82) is 0 Å². The first-order chi connectivity index (χ1) is 17.2. The number of fused-ring (bicyclic) bond motifs is 2. The van der Waals surface area contributed by atoms with Gasteiger partial charge in [-0.3, -0.25) is 9.59 Å². The molecule has 4 rings (SSSR count). The number of hydrogen-bond acceptors (Lipinski definition) is 16. The van der Waals surface area contributed by atoms with Crippen LogP contribution in [0.1, 0.15) is 23.0 Å². The van der Waals surface area contributed by atoms with Crippen LogP contribution in [0.3, 0.4) is 0 Å². The van der Waals surface area contributed by atoms with Gasteiger partial charge in [-0.05, 0) is 27.7 Å². The van der Waals surface area contributed by atoms with Crippen molar-refractivity contribution in [3.05, 3.63) is 88.6 Å². The van der Waals surface area contributed by atoms with E-state index in [0.29, 0.717) is 23.0 Å². The van der Waals surface area contributed by atoms with Crippen LogP contribution < -0.4 is 59.4 Å². The van der Waals surface area contributed by atoms with Crippen molar-refractivity contribution in [2.45, 2.75) is 27.7 Å². The molecule has 21 heteroatoms. The Morgan fingerprint density at radius 3 is 0.951 bits per heavy atom. The van der Waals surface area contributed by atoms with Crippen LogP contribution in [0.25, 0.3) is 21.9 Å². The molecule has 18 nitrogen and oxygen atoms in total. The maximum atomic E-state index is 11.4. The van der Waals surface area contributed by atoms with Gasteiger partial charge in [-0.25, -0.2) is 46.9 Å². The quantitative estimate of drug-likeness (QED) is 0.123. The Morgan fingerprint density at radius 2 is 0.707 bits per heavy atom. The summed E-state index contributed by atoms with van der Waals surface area (Å²) in [6.07, 6.45) is 0. The maximum absolute atomic E-state index is 11.4. The topological polar surface area (TPSA) is 371 Å². The molecule has 4 aromatic heterocycles. The van der Waals surface area contributed by atoms with E-state index >= 15 is 0 Å². The van der Waals surface area contributed by atoms with Crippen molar-refractivity contribution in [1.82, 2.24) is 0 Å². The van der Waals surface area contributed by atoms with Crippen LogP contribution in [-0.4, -0.2) is 0 Å². The summed E-state index contributed by atoms with van der Waals surface area (Å²) in [5.74, 6) is 1.81. The first kappa shape index (κ1) is 42.5. The molecule has 4 heterocycles. The first-order valence-electron chi connectivity index (χ1n) is 9.49. The molecule has 0 aliphatic heterocycles. The fourth-order valence-corrected chi connectivity index (χ4v) is 2.69. The predicted octanol–water partition coefficient (Wildman–Crippen LogP) is -8.63. The van der Waals surface area contributed by atoms with E-state index < -0.39 is 31.7 Å². The van der Waals surface area contributed by atoms with Crippen LogP contribution >= 0.6 is 0 Å². The van der Waals surface area contributed by atoms with Crippen LogP contribution in [0.4, 0.5) is 0 Å². The smallest absolute Gasteiger partial charge is 0.461 e. The molecule has 41 heavy (non-hydrogen) atoms. The van der Waals surface area contributed by atoms with Crippen LogP contribution in [0.2, 0.25) is 0 Å². The molecule has 0 saturated carbocycles. The van der Waals surface area contributed by atoms with Crippen LogP contribution in [0, 0.1) is 48.2 Å². The molecule has 0 saturated heterocycles. The van der Waals surface area contributed by atoms with Gasteiger partial charge in [0, 0.05) is 24.3 Å². The van der Waals surface area contributed by atoms with Crippen LogP contribution in [0.5, 0.6) is 0 Å². The van der Waals surface area contributed by atoms with Gasteiger partial charge in [0.2, 0.25) is 0 Å². The minimum absolute atomic E-state index is 0. The Balaban J connectivity index is -0.000000507. The zero-order valence-corrected chi connectivity index (χ0v) is 23.7. The average Bonchev–Trinajstić information content (AvgIpc) is 2.63. The van der Waals surface area contributed by atoms with E-state index in [2.05, 4.69) is 0 Å². The van der Waals surface area contributed by atoms with E-state index in [1.165, 1.54) is 24.3 Å². The summed E-state index contributed by atoms with van der Waals surface area (Å²) in [6, 6.07) is 5.61. The Hall–Kier alpha value is -2.98. The largest absolute Gasteiger partial charge is 2.00 e. The molecule has 0 amide bonds. The number of rotatable bonds is 0. The van der Waals surface area contributed by atoms with Crippen molar-refractivity contribution in [3.8, 4) is 0 Å². The minimum atomic E-state index is -4.94. The molecule has 0 aliphatic rings. The molecule has 0 radical (unpaired) electrons. The molecule has 6 N–H and O–H groups in total. The maximum Gasteiger partial charge on any atom is 2.00 e. The Kier molecular flexibility index (Phi) is 17.7. The first-order valence-corrected chi connectivity index (χ1v) is 12.0. The molecular weight excluding hydrogens is 655 g/mol. The molecule has 0 fully saturated rings. The fourth-order valence-electron chi connectivity index (χ4n) is 2.69. The third-order valence-corrected chi connectivity index (χ3v) is 3.78. The summed E-state index contributed by atoms with van der Waals surface area (Å²) in [5, 5.41) is -0.0533. The molecule has 0 atom stereocenters.